The van der Waals surface area contributed by atoms with Crippen molar-refractivity contribution in [2.24, 2.45) is 0 Å². The van der Waals surface area contributed by atoms with Gasteiger partial charge in [-0.05, 0) is 12.1 Å². The van der Waals surface area contributed by atoms with Gasteiger partial charge in [-0.15, -0.1) is 0 Å². The smallest absolute Gasteiger partial charge is 0.134 e. The van der Waals surface area contributed by atoms with E-state index in [1.54, 1.807) is 13.2 Å². The molecular formula is C10H9N3O. The zero-order chi connectivity index (χ0) is 9.97. The molecule has 0 bridgehead atoms. The van der Waals surface area contributed by atoms with Crippen molar-refractivity contribution in [3.05, 3.63) is 35.5 Å². The minimum Gasteiger partial charge on any atom is -0.264 e. The van der Waals surface area contributed by atoms with Crippen molar-refractivity contribution in [2.45, 2.75) is 0 Å². The lowest BCUT2D eigenvalue weighted by Crippen LogP contribution is -2.38. The van der Waals surface area contributed by atoms with Gasteiger partial charge in [-0.3, -0.25) is 10.3 Å². The van der Waals surface area contributed by atoms with Gasteiger partial charge in [-0.2, -0.15) is 10.4 Å². The minimum atomic E-state index is 0.463. The summed E-state index contributed by atoms with van der Waals surface area (Å²) >= 11 is 0. The monoisotopic (exact) mass is 187 g/mol. The standard InChI is InChI=1S/C10H9N3O/c1-14-13-10-5-3-2-4-8(10)6-9(7-11)12-13/h2-6,12H,1H3. The van der Waals surface area contributed by atoms with Gasteiger partial charge in [0.1, 0.15) is 11.8 Å². The molecule has 1 N–H and O–H groups in total. The number of nitriles is 1. The molecule has 70 valence electrons. The Labute approximate surface area is 81.9 Å². The Morgan fingerprint density at radius 2 is 2.21 bits per heavy atom. The Morgan fingerprint density at radius 1 is 1.43 bits per heavy atom. The maximum atomic E-state index is 8.77. The second-order valence-electron chi connectivity index (χ2n) is 2.82. The molecular weight excluding hydrogens is 178 g/mol. The van der Waals surface area contributed by atoms with Crippen molar-refractivity contribution in [1.29, 1.82) is 5.26 Å². The molecule has 1 heterocycles. The van der Waals surface area contributed by atoms with Gasteiger partial charge >= 0.3 is 0 Å². The lowest BCUT2D eigenvalue weighted by Gasteiger charge is -2.27. The van der Waals surface area contributed by atoms with Crippen LogP contribution in [0, 0.1) is 11.3 Å². The van der Waals surface area contributed by atoms with E-state index in [0.29, 0.717) is 5.70 Å². The lowest BCUT2D eigenvalue weighted by atomic mass is 10.1. The largest absolute Gasteiger partial charge is 0.264 e. The summed E-state index contributed by atoms with van der Waals surface area (Å²) in [6, 6.07) is 9.72. The van der Waals surface area contributed by atoms with E-state index in [1.807, 2.05) is 30.3 Å². The number of fused-ring (bicyclic) bond motifs is 1. The van der Waals surface area contributed by atoms with E-state index in [9.17, 15) is 0 Å². The Kier molecular flexibility index (Phi) is 2.09. The maximum Gasteiger partial charge on any atom is 0.134 e. The summed E-state index contributed by atoms with van der Waals surface area (Å²) in [4.78, 5) is 5.08. The molecule has 0 aliphatic carbocycles. The zero-order valence-electron chi connectivity index (χ0n) is 7.69. The number of rotatable bonds is 1. The van der Waals surface area contributed by atoms with Crippen LogP contribution in [0.1, 0.15) is 5.56 Å². The number of hydrogen-bond donors (Lipinski definition) is 1. The molecule has 4 heteroatoms. The topological polar surface area (TPSA) is 48.3 Å². The number of hydrazine groups is 1. The van der Waals surface area contributed by atoms with Crippen LogP contribution in [0.3, 0.4) is 0 Å². The van der Waals surface area contributed by atoms with Crippen LogP contribution in [0.25, 0.3) is 6.08 Å². The van der Waals surface area contributed by atoms with Gasteiger partial charge < -0.3 is 0 Å². The molecule has 4 nitrogen and oxygen atoms in total. The van der Waals surface area contributed by atoms with E-state index in [2.05, 4.69) is 5.43 Å². The van der Waals surface area contributed by atoms with Crippen LogP contribution in [0.5, 0.6) is 0 Å². The molecule has 0 saturated carbocycles. The summed E-state index contributed by atoms with van der Waals surface area (Å²) < 4.78 is 0. The van der Waals surface area contributed by atoms with E-state index in [0.717, 1.165) is 11.3 Å². The van der Waals surface area contributed by atoms with Crippen molar-refractivity contribution in [3.8, 4) is 6.07 Å². The molecule has 0 fully saturated rings. The number of allylic oxidation sites excluding steroid dienone is 1. The van der Waals surface area contributed by atoms with E-state index < -0.39 is 0 Å². The molecule has 1 aliphatic heterocycles. The summed E-state index contributed by atoms with van der Waals surface area (Å²) in [5.41, 5.74) is 5.14. The molecule has 0 atom stereocenters. The summed E-state index contributed by atoms with van der Waals surface area (Å²) in [6.07, 6.45) is 1.78. The molecule has 1 aromatic rings. The first-order valence-electron chi connectivity index (χ1n) is 4.17. The summed E-state index contributed by atoms with van der Waals surface area (Å²) in [6.45, 7) is 0. The Hall–Kier alpha value is -1.99. The Morgan fingerprint density at radius 3 is 2.93 bits per heavy atom. The minimum absolute atomic E-state index is 0.463. The third kappa shape index (κ3) is 1.30. The second-order valence-corrected chi connectivity index (χ2v) is 2.82. The van der Waals surface area contributed by atoms with E-state index in [4.69, 9.17) is 10.1 Å². The molecule has 0 saturated heterocycles. The molecule has 2 rings (SSSR count). The number of nitrogens with zero attached hydrogens (tertiary/aromatic N) is 2. The Bertz CT molecular complexity index is 420. The third-order valence-electron chi connectivity index (χ3n) is 1.98. The molecule has 0 spiro atoms. The summed E-state index contributed by atoms with van der Waals surface area (Å²) in [7, 11) is 1.55. The molecule has 1 aliphatic rings. The summed E-state index contributed by atoms with van der Waals surface area (Å²) in [5, 5.41) is 10.2. The van der Waals surface area contributed by atoms with Gasteiger partial charge in [0.25, 0.3) is 0 Å². The van der Waals surface area contributed by atoms with Crippen LogP contribution in [0.2, 0.25) is 0 Å². The fraction of sp³-hybridized carbons (Fsp3) is 0.100. The lowest BCUT2D eigenvalue weighted by molar-refractivity contribution is 0.144. The van der Waals surface area contributed by atoms with Crippen LogP contribution in [-0.4, -0.2) is 7.11 Å². The number of hydrogen-bond acceptors (Lipinski definition) is 4. The number of para-hydroxylation sites is 1. The highest BCUT2D eigenvalue weighted by Crippen LogP contribution is 2.25. The Balaban J connectivity index is 2.50. The van der Waals surface area contributed by atoms with Crippen molar-refractivity contribution < 1.29 is 4.84 Å². The van der Waals surface area contributed by atoms with Gasteiger partial charge in [0.2, 0.25) is 0 Å². The first-order chi connectivity index (χ1) is 6.85. The van der Waals surface area contributed by atoms with Crippen molar-refractivity contribution >= 4 is 11.8 Å². The van der Waals surface area contributed by atoms with Crippen LogP contribution in [0.4, 0.5) is 5.69 Å². The number of anilines is 1. The fourth-order valence-electron chi connectivity index (χ4n) is 1.35. The van der Waals surface area contributed by atoms with Crippen LogP contribution < -0.4 is 10.6 Å². The SMILES string of the molecule is CON1NC(C#N)=Cc2ccccc21. The van der Waals surface area contributed by atoms with Crippen molar-refractivity contribution in [2.75, 3.05) is 12.3 Å². The van der Waals surface area contributed by atoms with Crippen LogP contribution in [-0.2, 0) is 4.84 Å². The van der Waals surface area contributed by atoms with E-state index >= 15 is 0 Å². The highest BCUT2D eigenvalue weighted by molar-refractivity contribution is 5.72. The average molecular weight is 187 g/mol. The normalized spacial score (nSPS) is 13.7. The predicted octanol–water partition coefficient (Wildman–Crippen LogP) is 1.44. The highest BCUT2D eigenvalue weighted by Gasteiger charge is 2.15. The third-order valence-corrected chi connectivity index (χ3v) is 1.98. The zero-order valence-corrected chi connectivity index (χ0v) is 7.69. The molecule has 14 heavy (non-hydrogen) atoms. The van der Waals surface area contributed by atoms with Crippen molar-refractivity contribution in [1.82, 2.24) is 5.43 Å². The predicted molar refractivity (Wildman–Crippen MR) is 52.7 cm³/mol. The molecule has 0 radical (unpaired) electrons. The van der Waals surface area contributed by atoms with Gasteiger partial charge in [-0.1, -0.05) is 18.2 Å². The van der Waals surface area contributed by atoms with Crippen LogP contribution in [0.15, 0.2) is 30.0 Å². The van der Waals surface area contributed by atoms with Crippen LogP contribution >= 0.6 is 0 Å². The van der Waals surface area contributed by atoms with Gasteiger partial charge in [-0.25, -0.2) is 0 Å². The van der Waals surface area contributed by atoms with Crippen molar-refractivity contribution in [3.63, 3.8) is 0 Å². The highest BCUT2D eigenvalue weighted by atomic mass is 16.7. The first kappa shape index (κ1) is 8.60. The van der Waals surface area contributed by atoms with E-state index in [-0.39, 0.29) is 0 Å². The molecule has 0 amide bonds. The maximum absolute atomic E-state index is 8.77. The fourth-order valence-corrected chi connectivity index (χ4v) is 1.35. The second kappa shape index (κ2) is 3.40. The van der Waals surface area contributed by atoms with Gasteiger partial charge in [0, 0.05) is 5.56 Å². The van der Waals surface area contributed by atoms with Gasteiger partial charge in [0.05, 0.1) is 12.8 Å². The first-order valence-corrected chi connectivity index (χ1v) is 4.17. The molecule has 0 unspecified atom stereocenters. The quantitative estimate of drug-likeness (QED) is 0.722. The average Bonchev–Trinajstić information content (AvgIpc) is 2.27. The number of benzene rings is 1. The summed E-state index contributed by atoms with van der Waals surface area (Å²) in [5.74, 6) is 0. The van der Waals surface area contributed by atoms with Gasteiger partial charge in [0.15, 0.2) is 0 Å². The molecule has 0 aromatic heterocycles. The molecule has 1 aromatic carbocycles. The van der Waals surface area contributed by atoms with E-state index in [1.165, 1.54) is 5.17 Å². The number of nitrogens with one attached hydrogen (secondary N) is 1.